The highest BCUT2D eigenvalue weighted by molar-refractivity contribution is 7.57. The second-order valence-corrected chi connectivity index (χ2v) is 6.78. The fraction of sp³-hybridized carbons (Fsp3) is 0.100. The van der Waals surface area contributed by atoms with Gasteiger partial charge in [0, 0.05) is 0 Å². The van der Waals surface area contributed by atoms with Crippen LogP contribution in [-0.4, -0.2) is 6.61 Å². The van der Waals surface area contributed by atoms with Gasteiger partial charge in [0.05, 0.1) is 6.61 Å². The van der Waals surface area contributed by atoms with Crippen LogP contribution in [-0.2, 0) is 4.52 Å². The van der Waals surface area contributed by atoms with Crippen molar-refractivity contribution in [2.24, 2.45) is 0 Å². The maximum Gasteiger partial charge on any atom is 0.717 e. The zero-order valence-corrected chi connectivity index (χ0v) is 14.8. The highest BCUT2D eigenvalue weighted by Gasteiger charge is 2.54. The smallest absolute Gasteiger partial charge is 0.248 e. The van der Waals surface area contributed by atoms with Crippen LogP contribution in [0.3, 0.4) is 0 Å². The lowest BCUT2D eigenvalue weighted by atomic mass is 10.3. The molecule has 0 saturated carbocycles. The number of hydrogen-bond donors (Lipinski definition) is 0. The predicted octanol–water partition coefficient (Wildman–Crippen LogP) is 5.94. The Morgan fingerprint density at radius 2 is 0.880 bits per heavy atom. The van der Waals surface area contributed by atoms with E-state index < -0.39 is 8.17 Å². The molecular formula is C20H20O4P+. The third-order valence-corrected chi connectivity index (χ3v) is 5.05. The van der Waals surface area contributed by atoms with Crippen molar-refractivity contribution in [2.45, 2.75) is 6.92 Å². The van der Waals surface area contributed by atoms with E-state index in [0.29, 0.717) is 23.9 Å². The van der Waals surface area contributed by atoms with Gasteiger partial charge in [-0.1, -0.05) is 54.6 Å². The molecule has 3 rings (SSSR count). The first-order valence-corrected chi connectivity index (χ1v) is 9.53. The van der Waals surface area contributed by atoms with E-state index in [1.165, 1.54) is 0 Å². The molecule has 0 aliphatic carbocycles. The molecule has 0 aliphatic rings. The average molecular weight is 355 g/mol. The van der Waals surface area contributed by atoms with Gasteiger partial charge in [-0.3, -0.25) is 0 Å². The topological polar surface area (TPSA) is 36.9 Å². The van der Waals surface area contributed by atoms with Gasteiger partial charge >= 0.3 is 8.17 Å². The minimum atomic E-state index is -3.16. The first kappa shape index (κ1) is 17.3. The minimum Gasteiger partial charge on any atom is -0.248 e. The van der Waals surface area contributed by atoms with Crippen molar-refractivity contribution in [3.8, 4) is 17.2 Å². The zero-order chi connectivity index (χ0) is 17.4. The van der Waals surface area contributed by atoms with Crippen molar-refractivity contribution in [1.29, 1.82) is 0 Å². The van der Waals surface area contributed by atoms with Crippen molar-refractivity contribution >= 4 is 8.17 Å². The molecule has 0 unspecified atom stereocenters. The monoisotopic (exact) mass is 355 g/mol. The second-order valence-electron chi connectivity index (χ2n) is 5.08. The standard InChI is InChI=1S/C20H20O4P/c1-2-21-25(22-18-12-6-3-7-13-18,23-19-14-8-4-9-15-19)24-20-16-10-5-11-17-20/h3-17H,2H2,1H3/q+1. The summed E-state index contributed by atoms with van der Waals surface area (Å²) in [5.74, 6) is 1.86. The van der Waals surface area contributed by atoms with Crippen LogP contribution in [0.2, 0.25) is 0 Å². The van der Waals surface area contributed by atoms with Crippen LogP contribution < -0.4 is 13.6 Å². The van der Waals surface area contributed by atoms with Gasteiger partial charge in [-0.25, -0.2) is 13.6 Å². The van der Waals surface area contributed by atoms with Crippen molar-refractivity contribution in [3.05, 3.63) is 91.0 Å². The molecule has 0 atom stereocenters. The van der Waals surface area contributed by atoms with Crippen LogP contribution in [0.5, 0.6) is 17.2 Å². The predicted molar refractivity (Wildman–Crippen MR) is 99.8 cm³/mol. The van der Waals surface area contributed by atoms with Crippen LogP contribution in [0.4, 0.5) is 0 Å². The lowest BCUT2D eigenvalue weighted by Gasteiger charge is -2.19. The highest BCUT2D eigenvalue weighted by atomic mass is 31.2. The Morgan fingerprint density at radius 3 is 1.16 bits per heavy atom. The lowest BCUT2D eigenvalue weighted by Crippen LogP contribution is -2.18. The summed E-state index contributed by atoms with van der Waals surface area (Å²) in [7, 11) is -3.16. The molecule has 0 saturated heterocycles. The van der Waals surface area contributed by atoms with Gasteiger partial charge in [-0.05, 0) is 43.3 Å². The quantitative estimate of drug-likeness (QED) is 0.469. The molecule has 0 amide bonds. The summed E-state index contributed by atoms with van der Waals surface area (Å²) in [6.07, 6.45) is 0. The number of hydrogen-bond acceptors (Lipinski definition) is 4. The molecule has 0 N–H and O–H groups in total. The van der Waals surface area contributed by atoms with Gasteiger partial charge in [-0.15, -0.1) is 4.52 Å². The summed E-state index contributed by atoms with van der Waals surface area (Å²) in [4.78, 5) is 0. The Hall–Kier alpha value is -2.55. The fourth-order valence-electron chi connectivity index (χ4n) is 2.12. The molecule has 0 heterocycles. The largest absolute Gasteiger partial charge is 0.717 e. The second kappa shape index (κ2) is 8.52. The Balaban J connectivity index is 1.94. The Labute approximate surface area is 148 Å². The number of rotatable bonds is 8. The summed E-state index contributed by atoms with van der Waals surface area (Å²) in [6, 6.07) is 28.2. The van der Waals surface area contributed by atoms with Gasteiger partial charge in [0.2, 0.25) is 0 Å². The van der Waals surface area contributed by atoms with Crippen molar-refractivity contribution < 1.29 is 18.1 Å². The van der Waals surface area contributed by atoms with Gasteiger partial charge < -0.3 is 0 Å². The first-order chi connectivity index (χ1) is 12.3. The van der Waals surface area contributed by atoms with E-state index in [1.54, 1.807) is 0 Å². The van der Waals surface area contributed by atoms with E-state index in [1.807, 2.05) is 97.9 Å². The van der Waals surface area contributed by atoms with Gasteiger partial charge in [0.15, 0.2) is 17.2 Å². The lowest BCUT2D eigenvalue weighted by molar-refractivity contribution is 0.190. The van der Waals surface area contributed by atoms with Crippen LogP contribution in [0.25, 0.3) is 0 Å². The minimum absolute atomic E-state index is 0.389. The molecule has 3 aromatic carbocycles. The zero-order valence-electron chi connectivity index (χ0n) is 13.9. The van der Waals surface area contributed by atoms with Crippen molar-refractivity contribution in [1.82, 2.24) is 0 Å². The van der Waals surface area contributed by atoms with E-state index in [-0.39, 0.29) is 0 Å². The Morgan fingerprint density at radius 1 is 0.560 bits per heavy atom. The molecule has 0 bridgehead atoms. The van der Waals surface area contributed by atoms with E-state index >= 15 is 0 Å². The van der Waals surface area contributed by atoms with Crippen LogP contribution >= 0.6 is 8.17 Å². The number of para-hydroxylation sites is 3. The maximum absolute atomic E-state index is 6.09. The summed E-state index contributed by atoms with van der Waals surface area (Å²) < 4.78 is 24.2. The molecular weight excluding hydrogens is 335 g/mol. The molecule has 0 aromatic heterocycles. The van der Waals surface area contributed by atoms with Crippen molar-refractivity contribution in [2.75, 3.05) is 6.61 Å². The Kier molecular flexibility index (Phi) is 5.89. The molecule has 5 heteroatoms. The summed E-state index contributed by atoms with van der Waals surface area (Å²) in [5.41, 5.74) is 0. The van der Waals surface area contributed by atoms with Crippen LogP contribution in [0, 0.1) is 0 Å². The summed E-state index contributed by atoms with van der Waals surface area (Å²) >= 11 is 0. The molecule has 4 nitrogen and oxygen atoms in total. The van der Waals surface area contributed by atoms with Gasteiger partial charge in [0.25, 0.3) is 0 Å². The normalized spacial score (nSPS) is 10.9. The molecule has 0 fully saturated rings. The third-order valence-electron chi connectivity index (χ3n) is 3.17. The first-order valence-electron chi connectivity index (χ1n) is 8.07. The highest BCUT2D eigenvalue weighted by Crippen LogP contribution is 2.61. The molecule has 0 aliphatic heterocycles. The summed E-state index contributed by atoms with van der Waals surface area (Å²) in [5, 5.41) is 0. The van der Waals surface area contributed by atoms with Crippen molar-refractivity contribution in [3.63, 3.8) is 0 Å². The molecule has 3 aromatic rings. The molecule has 0 radical (unpaired) electrons. The number of benzene rings is 3. The van der Waals surface area contributed by atoms with Gasteiger partial charge in [-0.2, -0.15) is 0 Å². The fourth-order valence-corrected chi connectivity index (χ4v) is 3.85. The van der Waals surface area contributed by atoms with E-state index in [9.17, 15) is 0 Å². The third kappa shape index (κ3) is 4.96. The van der Waals surface area contributed by atoms with Crippen LogP contribution in [0.15, 0.2) is 91.0 Å². The van der Waals surface area contributed by atoms with Gasteiger partial charge in [0.1, 0.15) is 0 Å². The average Bonchev–Trinajstić information content (AvgIpc) is 2.64. The Bertz CT molecular complexity index is 649. The van der Waals surface area contributed by atoms with E-state index in [4.69, 9.17) is 18.1 Å². The molecule has 128 valence electrons. The molecule has 25 heavy (non-hydrogen) atoms. The molecule has 0 spiro atoms. The van der Waals surface area contributed by atoms with E-state index in [2.05, 4.69) is 0 Å². The SMILES string of the molecule is CCO[P+](Oc1ccccc1)(Oc1ccccc1)Oc1ccccc1. The van der Waals surface area contributed by atoms with Crippen LogP contribution in [0.1, 0.15) is 6.92 Å². The van der Waals surface area contributed by atoms with E-state index in [0.717, 1.165) is 0 Å². The summed E-state index contributed by atoms with van der Waals surface area (Å²) in [6.45, 7) is 2.27. The maximum atomic E-state index is 6.09.